The number of rotatable bonds is 5. The van der Waals surface area contributed by atoms with Gasteiger partial charge in [0.1, 0.15) is 5.75 Å². The molecule has 0 bridgehead atoms. The van der Waals surface area contributed by atoms with Crippen molar-refractivity contribution in [3.63, 3.8) is 0 Å². The van der Waals surface area contributed by atoms with E-state index in [2.05, 4.69) is 46.8 Å². The molecule has 0 radical (unpaired) electrons. The monoisotopic (exact) mass is 330 g/mol. The number of phenols is 1. The Labute approximate surface area is 145 Å². The van der Waals surface area contributed by atoms with Crippen LogP contribution in [0.15, 0.2) is 36.4 Å². The first kappa shape index (κ1) is 17.9. The van der Waals surface area contributed by atoms with Gasteiger partial charge in [-0.2, -0.15) is 0 Å². The minimum absolute atomic E-state index is 0.0573. The number of hydrogen-bond donors (Lipinski definition) is 1. The van der Waals surface area contributed by atoms with Gasteiger partial charge in [0.25, 0.3) is 0 Å². The lowest BCUT2D eigenvalue weighted by Crippen LogP contribution is -2.16. The van der Waals surface area contributed by atoms with Crippen LogP contribution in [0.2, 0.25) is 5.02 Å². The summed E-state index contributed by atoms with van der Waals surface area (Å²) in [6, 6.07) is 12.0. The molecule has 2 rings (SSSR count). The second kappa shape index (κ2) is 6.97. The molecule has 0 aliphatic carbocycles. The second-order valence-electron chi connectivity index (χ2n) is 7.38. The quantitative estimate of drug-likeness (QED) is 0.654. The lowest BCUT2D eigenvalue weighted by molar-refractivity contribution is 0.429. The highest BCUT2D eigenvalue weighted by molar-refractivity contribution is 6.30. The first-order chi connectivity index (χ1) is 10.7. The molecule has 0 fully saturated rings. The van der Waals surface area contributed by atoms with Crippen molar-refractivity contribution >= 4 is 11.6 Å². The van der Waals surface area contributed by atoms with Crippen LogP contribution < -0.4 is 0 Å². The smallest absolute Gasteiger partial charge is 0.127 e. The topological polar surface area (TPSA) is 20.2 Å². The summed E-state index contributed by atoms with van der Waals surface area (Å²) in [5, 5.41) is 11.6. The third-order valence-corrected chi connectivity index (χ3v) is 4.83. The van der Waals surface area contributed by atoms with E-state index in [0.717, 1.165) is 29.5 Å². The number of aromatic hydroxyl groups is 1. The Bertz CT molecular complexity index is 669. The molecule has 0 unspecified atom stereocenters. The summed E-state index contributed by atoms with van der Waals surface area (Å²) in [6.07, 6.45) is 1.99. The van der Waals surface area contributed by atoms with Crippen LogP contribution in [-0.2, 0) is 11.8 Å². The Kier molecular flexibility index (Phi) is 5.41. The Balaban J connectivity index is 2.64. The van der Waals surface area contributed by atoms with Crippen LogP contribution in [0.3, 0.4) is 0 Å². The van der Waals surface area contributed by atoms with Crippen molar-refractivity contribution in [1.29, 1.82) is 0 Å². The van der Waals surface area contributed by atoms with Crippen LogP contribution >= 0.6 is 11.6 Å². The Morgan fingerprint density at radius 2 is 1.70 bits per heavy atom. The molecule has 0 aliphatic heterocycles. The molecule has 0 atom stereocenters. The van der Waals surface area contributed by atoms with Gasteiger partial charge in [0.2, 0.25) is 0 Å². The van der Waals surface area contributed by atoms with E-state index < -0.39 is 0 Å². The van der Waals surface area contributed by atoms with E-state index >= 15 is 0 Å². The zero-order valence-corrected chi connectivity index (χ0v) is 15.5. The van der Waals surface area contributed by atoms with Gasteiger partial charge in [0, 0.05) is 16.1 Å². The van der Waals surface area contributed by atoms with Crippen LogP contribution in [0.1, 0.15) is 52.2 Å². The van der Waals surface area contributed by atoms with E-state index in [1.165, 1.54) is 5.56 Å². The van der Waals surface area contributed by atoms with E-state index in [4.69, 9.17) is 11.6 Å². The highest BCUT2D eigenvalue weighted by Crippen LogP contribution is 2.41. The lowest BCUT2D eigenvalue weighted by atomic mass is 9.79. The van der Waals surface area contributed by atoms with Crippen LogP contribution in [-0.4, -0.2) is 5.11 Å². The van der Waals surface area contributed by atoms with E-state index in [9.17, 15) is 5.11 Å². The highest BCUT2D eigenvalue weighted by atomic mass is 35.5. The molecule has 2 aromatic carbocycles. The van der Waals surface area contributed by atoms with E-state index in [-0.39, 0.29) is 5.41 Å². The fraction of sp³-hybridized carbons (Fsp3) is 0.429. The molecule has 23 heavy (non-hydrogen) atoms. The van der Waals surface area contributed by atoms with Crippen molar-refractivity contribution in [2.45, 2.75) is 52.9 Å². The average molecular weight is 331 g/mol. The SMILES string of the molecule is CCC(C)(C)c1cc(CC(C)C)cc(-c2ccc(Cl)cc2)c1O. The number of halogens is 1. The van der Waals surface area contributed by atoms with Gasteiger partial charge in [-0.15, -0.1) is 0 Å². The van der Waals surface area contributed by atoms with Crippen molar-refractivity contribution < 1.29 is 5.11 Å². The predicted molar refractivity (Wildman–Crippen MR) is 100 cm³/mol. The molecule has 0 saturated heterocycles. The minimum Gasteiger partial charge on any atom is -0.507 e. The van der Waals surface area contributed by atoms with Crippen LogP contribution in [0.25, 0.3) is 11.1 Å². The molecule has 2 aromatic rings. The van der Waals surface area contributed by atoms with Gasteiger partial charge in [-0.3, -0.25) is 0 Å². The maximum atomic E-state index is 10.9. The van der Waals surface area contributed by atoms with Crippen molar-refractivity contribution in [1.82, 2.24) is 0 Å². The van der Waals surface area contributed by atoms with Gasteiger partial charge < -0.3 is 5.11 Å². The summed E-state index contributed by atoms with van der Waals surface area (Å²) in [5.41, 5.74) is 4.16. The summed E-state index contributed by atoms with van der Waals surface area (Å²) in [5.74, 6) is 0.974. The fourth-order valence-electron chi connectivity index (χ4n) is 2.84. The van der Waals surface area contributed by atoms with Gasteiger partial charge in [0.15, 0.2) is 0 Å². The Morgan fingerprint density at radius 1 is 1.09 bits per heavy atom. The molecular formula is C21H27ClO. The zero-order chi connectivity index (χ0) is 17.2. The first-order valence-electron chi connectivity index (χ1n) is 8.37. The van der Waals surface area contributed by atoms with E-state index in [1.807, 2.05) is 24.3 Å². The number of benzene rings is 2. The van der Waals surface area contributed by atoms with Crippen molar-refractivity contribution in [3.8, 4) is 16.9 Å². The molecule has 0 saturated carbocycles. The van der Waals surface area contributed by atoms with Crippen LogP contribution in [0, 0.1) is 5.92 Å². The van der Waals surface area contributed by atoms with Crippen molar-refractivity contribution in [2.24, 2.45) is 5.92 Å². The van der Waals surface area contributed by atoms with Gasteiger partial charge in [-0.05, 0) is 53.5 Å². The largest absolute Gasteiger partial charge is 0.507 e. The molecule has 1 nitrogen and oxygen atoms in total. The molecule has 0 heterocycles. The summed E-state index contributed by atoms with van der Waals surface area (Å²) >= 11 is 6.00. The maximum Gasteiger partial charge on any atom is 0.127 e. The van der Waals surface area contributed by atoms with Gasteiger partial charge in [-0.1, -0.05) is 64.4 Å². The Morgan fingerprint density at radius 3 is 2.22 bits per heavy atom. The molecular weight excluding hydrogens is 304 g/mol. The van der Waals surface area contributed by atoms with Gasteiger partial charge in [-0.25, -0.2) is 0 Å². The molecule has 2 heteroatoms. The first-order valence-corrected chi connectivity index (χ1v) is 8.74. The standard InChI is InChI=1S/C21H27ClO/c1-6-21(4,5)19-13-15(11-14(2)3)12-18(20(19)23)16-7-9-17(22)10-8-16/h7-10,12-14,23H,6,11H2,1-5H3. The van der Waals surface area contributed by atoms with E-state index in [1.54, 1.807) is 0 Å². The summed E-state index contributed by atoms with van der Waals surface area (Å²) in [6.45, 7) is 11.0. The minimum atomic E-state index is -0.0573. The third kappa shape index (κ3) is 4.09. The summed E-state index contributed by atoms with van der Waals surface area (Å²) in [4.78, 5) is 0. The molecule has 0 aromatic heterocycles. The summed E-state index contributed by atoms with van der Waals surface area (Å²) in [7, 11) is 0. The van der Waals surface area contributed by atoms with Gasteiger partial charge >= 0.3 is 0 Å². The Hall–Kier alpha value is -1.47. The van der Waals surface area contributed by atoms with Gasteiger partial charge in [0.05, 0.1) is 0 Å². The summed E-state index contributed by atoms with van der Waals surface area (Å²) < 4.78 is 0. The number of phenolic OH excluding ortho intramolecular Hbond substituents is 1. The van der Waals surface area contributed by atoms with Crippen molar-refractivity contribution in [3.05, 3.63) is 52.5 Å². The van der Waals surface area contributed by atoms with E-state index in [0.29, 0.717) is 16.7 Å². The van der Waals surface area contributed by atoms with Crippen LogP contribution in [0.5, 0.6) is 5.75 Å². The highest BCUT2D eigenvalue weighted by Gasteiger charge is 2.25. The zero-order valence-electron chi connectivity index (χ0n) is 14.8. The molecule has 0 aliphatic rings. The van der Waals surface area contributed by atoms with Crippen LogP contribution in [0.4, 0.5) is 0 Å². The lowest BCUT2D eigenvalue weighted by Gasteiger charge is -2.27. The fourth-order valence-corrected chi connectivity index (χ4v) is 2.97. The predicted octanol–water partition coefficient (Wildman–Crippen LogP) is 6.60. The number of hydrogen-bond acceptors (Lipinski definition) is 1. The van der Waals surface area contributed by atoms with Crippen molar-refractivity contribution in [2.75, 3.05) is 0 Å². The molecule has 1 N–H and O–H groups in total. The molecule has 0 spiro atoms. The third-order valence-electron chi connectivity index (χ3n) is 4.58. The second-order valence-corrected chi connectivity index (χ2v) is 7.82. The normalized spacial score (nSPS) is 12.0. The maximum absolute atomic E-state index is 10.9. The average Bonchev–Trinajstić information content (AvgIpc) is 2.49. The molecule has 124 valence electrons. The molecule has 0 amide bonds.